The minimum Gasteiger partial charge on any atom is -0.492 e. The zero-order valence-electron chi connectivity index (χ0n) is 11.1. The summed E-state index contributed by atoms with van der Waals surface area (Å²) in [4.78, 5) is 10.9. The van der Waals surface area contributed by atoms with Gasteiger partial charge in [0.15, 0.2) is 0 Å². The molecule has 0 saturated carbocycles. The minimum atomic E-state index is -0.973. The third-order valence-corrected chi connectivity index (χ3v) is 3.08. The van der Waals surface area contributed by atoms with Crippen molar-refractivity contribution in [3.05, 3.63) is 54.1 Å². The van der Waals surface area contributed by atoms with Crippen molar-refractivity contribution in [1.82, 2.24) is 15.0 Å². The summed E-state index contributed by atoms with van der Waals surface area (Å²) in [5, 5.41) is 16.9. The van der Waals surface area contributed by atoms with Crippen LogP contribution >= 0.6 is 0 Å². The van der Waals surface area contributed by atoms with Gasteiger partial charge in [-0.25, -0.2) is 9.48 Å². The second-order valence-electron chi connectivity index (χ2n) is 4.48. The van der Waals surface area contributed by atoms with Crippen LogP contribution in [0, 0.1) is 0 Å². The standard InChI is InChI=1S/C15H13N3O3/c19-15(20)11-6-7-14-13(10-11)16-17-18(14)8-9-21-12-4-2-1-3-5-12/h1-7,10H,8-9H2,(H,19,20). The second-order valence-corrected chi connectivity index (χ2v) is 4.48. The van der Waals surface area contributed by atoms with Gasteiger partial charge in [-0.1, -0.05) is 23.4 Å². The molecule has 0 bridgehead atoms. The lowest BCUT2D eigenvalue weighted by molar-refractivity contribution is 0.0697. The lowest BCUT2D eigenvalue weighted by Gasteiger charge is -2.06. The minimum absolute atomic E-state index is 0.204. The van der Waals surface area contributed by atoms with Gasteiger partial charge in [-0.3, -0.25) is 0 Å². The van der Waals surface area contributed by atoms with Crippen molar-refractivity contribution in [3.8, 4) is 5.75 Å². The van der Waals surface area contributed by atoms with Gasteiger partial charge in [-0.05, 0) is 30.3 Å². The molecule has 0 radical (unpaired) electrons. The van der Waals surface area contributed by atoms with E-state index in [2.05, 4.69) is 10.3 Å². The summed E-state index contributed by atoms with van der Waals surface area (Å²) in [5.41, 5.74) is 1.56. The molecular weight excluding hydrogens is 270 g/mol. The molecule has 1 heterocycles. The Hall–Kier alpha value is -2.89. The van der Waals surface area contributed by atoms with Crippen LogP contribution in [-0.2, 0) is 6.54 Å². The summed E-state index contributed by atoms with van der Waals surface area (Å²) in [5.74, 6) is -0.172. The number of nitrogens with zero attached hydrogens (tertiary/aromatic N) is 3. The van der Waals surface area contributed by atoms with Crippen LogP contribution in [-0.4, -0.2) is 32.7 Å². The van der Waals surface area contributed by atoms with E-state index in [0.29, 0.717) is 18.7 Å². The van der Waals surface area contributed by atoms with Gasteiger partial charge < -0.3 is 9.84 Å². The molecule has 0 saturated heterocycles. The van der Waals surface area contributed by atoms with Crippen molar-refractivity contribution in [3.63, 3.8) is 0 Å². The van der Waals surface area contributed by atoms with Crippen LogP contribution in [0.2, 0.25) is 0 Å². The summed E-state index contributed by atoms with van der Waals surface area (Å²) in [6.45, 7) is 1.00. The highest BCUT2D eigenvalue weighted by atomic mass is 16.5. The number of carboxylic acid groups (broad SMARTS) is 1. The first kappa shape index (κ1) is 13.1. The molecule has 0 fully saturated rings. The average Bonchev–Trinajstić information content (AvgIpc) is 2.91. The number of para-hydroxylation sites is 1. The van der Waals surface area contributed by atoms with Gasteiger partial charge in [0.1, 0.15) is 17.9 Å². The van der Waals surface area contributed by atoms with Gasteiger partial charge >= 0.3 is 5.97 Å². The molecule has 1 aromatic heterocycles. The third kappa shape index (κ3) is 2.84. The number of hydrogen-bond acceptors (Lipinski definition) is 4. The molecule has 3 rings (SSSR count). The summed E-state index contributed by atoms with van der Waals surface area (Å²) in [7, 11) is 0. The predicted molar refractivity (Wildman–Crippen MR) is 76.4 cm³/mol. The zero-order chi connectivity index (χ0) is 14.7. The number of aromatic nitrogens is 3. The van der Waals surface area contributed by atoms with E-state index in [0.717, 1.165) is 11.3 Å². The Bertz CT molecular complexity index is 768. The van der Waals surface area contributed by atoms with E-state index in [1.54, 1.807) is 16.8 Å². The van der Waals surface area contributed by atoms with Crippen LogP contribution in [0.4, 0.5) is 0 Å². The fourth-order valence-corrected chi connectivity index (χ4v) is 2.04. The normalized spacial score (nSPS) is 10.7. The van der Waals surface area contributed by atoms with E-state index < -0.39 is 5.97 Å². The van der Waals surface area contributed by atoms with Crippen LogP contribution in [0.3, 0.4) is 0 Å². The Morgan fingerprint density at radius 1 is 1.19 bits per heavy atom. The lowest BCUT2D eigenvalue weighted by Crippen LogP contribution is -2.09. The van der Waals surface area contributed by atoms with E-state index >= 15 is 0 Å². The molecule has 0 aliphatic rings. The van der Waals surface area contributed by atoms with Crippen molar-refractivity contribution < 1.29 is 14.6 Å². The van der Waals surface area contributed by atoms with Crippen LogP contribution in [0.15, 0.2) is 48.5 Å². The van der Waals surface area contributed by atoms with Crippen LogP contribution in [0.5, 0.6) is 5.75 Å². The Morgan fingerprint density at radius 2 is 2.00 bits per heavy atom. The highest BCUT2D eigenvalue weighted by Crippen LogP contribution is 2.14. The Balaban J connectivity index is 1.71. The number of carboxylic acids is 1. The largest absolute Gasteiger partial charge is 0.492 e. The molecule has 0 aliphatic heterocycles. The molecule has 6 heteroatoms. The molecule has 6 nitrogen and oxygen atoms in total. The lowest BCUT2D eigenvalue weighted by atomic mass is 10.2. The van der Waals surface area contributed by atoms with Crippen molar-refractivity contribution in [1.29, 1.82) is 0 Å². The molecule has 3 aromatic rings. The molecule has 2 aromatic carbocycles. The van der Waals surface area contributed by atoms with Crippen molar-refractivity contribution >= 4 is 17.0 Å². The van der Waals surface area contributed by atoms with Crippen molar-refractivity contribution in [2.75, 3.05) is 6.61 Å². The van der Waals surface area contributed by atoms with Gasteiger partial charge in [-0.2, -0.15) is 0 Å². The van der Waals surface area contributed by atoms with E-state index in [9.17, 15) is 4.79 Å². The first-order chi connectivity index (χ1) is 10.2. The summed E-state index contributed by atoms with van der Waals surface area (Å²) in [6, 6.07) is 14.3. The fourth-order valence-electron chi connectivity index (χ4n) is 2.04. The Labute approximate surface area is 120 Å². The maximum Gasteiger partial charge on any atom is 0.335 e. The molecule has 0 amide bonds. The van der Waals surface area contributed by atoms with Crippen molar-refractivity contribution in [2.24, 2.45) is 0 Å². The maximum absolute atomic E-state index is 10.9. The van der Waals surface area contributed by atoms with Gasteiger partial charge in [0.2, 0.25) is 0 Å². The molecule has 0 unspecified atom stereocenters. The Kier molecular flexibility index (Phi) is 3.51. The number of aromatic carboxylic acids is 1. The van der Waals surface area contributed by atoms with Crippen molar-refractivity contribution in [2.45, 2.75) is 6.54 Å². The smallest absolute Gasteiger partial charge is 0.335 e. The number of ether oxygens (including phenoxy) is 1. The van der Waals surface area contributed by atoms with Crippen LogP contribution in [0.1, 0.15) is 10.4 Å². The van der Waals surface area contributed by atoms with Crippen LogP contribution < -0.4 is 4.74 Å². The molecule has 106 valence electrons. The molecule has 0 spiro atoms. The third-order valence-electron chi connectivity index (χ3n) is 3.08. The summed E-state index contributed by atoms with van der Waals surface area (Å²) >= 11 is 0. The number of hydrogen-bond donors (Lipinski definition) is 1. The molecular formula is C15H13N3O3. The van der Waals surface area contributed by atoms with Gasteiger partial charge in [0, 0.05) is 0 Å². The molecule has 0 aliphatic carbocycles. The first-order valence-corrected chi connectivity index (χ1v) is 6.48. The SMILES string of the molecule is O=C(O)c1ccc2c(c1)nnn2CCOc1ccccc1. The van der Waals surface area contributed by atoms with Gasteiger partial charge in [0.25, 0.3) is 0 Å². The highest BCUT2D eigenvalue weighted by molar-refractivity contribution is 5.92. The highest BCUT2D eigenvalue weighted by Gasteiger charge is 2.08. The first-order valence-electron chi connectivity index (χ1n) is 6.48. The Morgan fingerprint density at radius 3 is 2.76 bits per heavy atom. The van der Waals surface area contributed by atoms with Crippen LogP contribution in [0.25, 0.3) is 11.0 Å². The van der Waals surface area contributed by atoms with E-state index in [1.807, 2.05) is 30.3 Å². The number of carbonyl (C=O) groups is 1. The van der Waals surface area contributed by atoms with Gasteiger partial charge in [-0.15, -0.1) is 5.10 Å². The van der Waals surface area contributed by atoms with E-state index in [-0.39, 0.29) is 5.56 Å². The maximum atomic E-state index is 10.9. The summed E-state index contributed by atoms with van der Waals surface area (Å²) in [6.07, 6.45) is 0. The van der Waals surface area contributed by atoms with Gasteiger partial charge in [0.05, 0.1) is 17.6 Å². The predicted octanol–water partition coefficient (Wildman–Crippen LogP) is 2.21. The topological polar surface area (TPSA) is 77.2 Å². The van der Waals surface area contributed by atoms with E-state index in [4.69, 9.17) is 9.84 Å². The number of fused-ring (bicyclic) bond motifs is 1. The monoisotopic (exact) mass is 283 g/mol. The summed E-state index contributed by atoms with van der Waals surface area (Å²) < 4.78 is 7.31. The number of benzene rings is 2. The average molecular weight is 283 g/mol. The molecule has 1 N–H and O–H groups in total. The molecule has 21 heavy (non-hydrogen) atoms. The quantitative estimate of drug-likeness (QED) is 0.776. The zero-order valence-corrected chi connectivity index (χ0v) is 11.1. The second kappa shape index (κ2) is 5.62. The fraction of sp³-hybridized carbons (Fsp3) is 0.133. The van der Waals surface area contributed by atoms with E-state index in [1.165, 1.54) is 6.07 Å². The number of rotatable bonds is 5. The molecule has 0 atom stereocenters.